The maximum Gasteiger partial charge on any atom is 0.308 e. The van der Waals surface area contributed by atoms with Crippen LogP contribution in [0.1, 0.15) is 65.2 Å². The van der Waals surface area contributed by atoms with Crippen molar-refractivity contribution in [2.24, 2.45) is 23.7 Å². The molecule has 0 aliphatic heterocycles. The van der Waals surface area contributed by atoms with Crippen molar-refractivity contribution >= 4 is 5.97 Å². The molecule has 0 radical (unpaired) electrons. The summed E-state index contributed by atoms with van der Waals surface area (Å²) in [6.07, 6.45) is 13.4. The highest BCUT2D eigenvalue weighted by Crippen LogP contribution is 2.42. The van der Waals surface area contributed by atoms with Crippen molar-refractivity contribution in [2.45, 2.75) is 83.0 Å². The van der Waals surface area contributed by atoms with Crippen LogP contribution in [0.2, 0.25) is 0 Å². The van der Waals surface area contributed by atoms with Crippen molar-refractivity contribution in [1.29, 1.82) is 0 Å². The van der Waals surface area contributed by atoms with E-state index in [1.165, 1.54) is 7.11 Å². The number of carbonyl (C=O) groups excluding carboxylic acids is 1. The van der Waals surface area contributed by atoms with Gasteiger partial charge in [-0.2, -0.15) is 0 Å². The summed E-state index contributed by atoms with van der Waals surface area (Å²) in [5.74, 6) is 0.0883. The second-order valence-electron chi connectivity index (χ2n) is 8.85. The van der Waals surface area contributed by atoms with Crippen molar-refractivity contribution in [3.05, 3.63) is 24.3 Å². The van der Waals surface area contributed by atoms with Gasteiger partial charge < -0.3 is 20.1 Å². The number of ether oxygens (including phenoxy) is 1. The average Bonchev–Trinajstić information content (AvgIpc) is 3.36. The molecule has 28 heavy (non-hydrogen) atoms. The largest absolute Gasteiger partial charge is 0.469 e. The lowest BCUT2D eigenvalue weighted by atomic mass is 9.88. The van der Waals surface area contributed by atoms with Crippen molar-refractivity contribution in [3.63, 3.8) is 0 Å². The van der Waals surface area contributed by atoms with Crippen LogP contribution in [0.3, 0.4) is 0 Å². The van der Waals surface area contributed by atoms with E-state index >= 15 is 0 Å². The minimum absolute atomic E-state index is 0.0409. The van der Waals surface area contributed by atoms with Crippen LogP contribution >= 0.6 is 0 Å². The van der Waals surface area contributed by atoms with E-state index in [2.05, 4.69) is 19.1 Å². The molecule has 0 unspecified atom stereocenters. The van der Waals surface area contributed by atoms with Gasteiger partial charge in [0.2, 0.25) is 0 Å². The monoisotopic (exact) mass is 394 g/mol. The second kappa shape index (κ2) is 10.6. The number of hydrogen-bond acceptors (Lipinski definition) is 5. The number of rotatable bonds is 11. The van der Waals surface area contributed by atoms with Crippen LogP contribution in [-0.2, 0) is 9.53 Å². The van der Waals surface area contributed by atoms with Crippen LogP contribution in [0.4, 0.5) is 0 Å². The Balaban J connectivity index is 1.85. The number of carbonyl (C=O) groups is 1. The molecule has 5 nitrogen and oxygen atoms in total. The van der Waals surface area contributed by atoms with Gasteiger partial charge in [0.15, 0.2) is 0 Å². The predicted molar refractivity (Wildman–Crippen MR) is 110 cm³/mol. The second-order valence-corrected chi connectivity index (χ2v) is 8.85. The summed E-state index contributed by atoms with van der Waals surface area (Å²) in [5.41, 5.74) is -0.877. The molecule has 0 saturated heterocycles. The van der Waals surface area contributed by atoms with Gasteiger partial charge in [-0.15, -0.1) is 0 Å². The molecule has 0 amide bonds. The average molecular weight is 395 g/mol. The Labute approximate surface area is 169 Å². The maximum atomic E-state index is 11.4. The molecule has 2 rings (SSSR count). The summed E-state index contributed by atoms with van der Waals surface area (Å²) >= 11 is 0. The smallest absolute Gasteiger partial charge is 0.308 e. The van der Waals surface area contributed by atoms with E-state index in [4.69, 9.17) is 4.74 Å². The van der Waals surface area contributed by atoms with Gasteiger partial charge in [0, 0.05) is 12.3 Å². The third kappa shape index (κ3) is 6.71. The molecule has 160 valence electrons. The highest BCUT2D eigenvalue weighted by molar-refractivity contribution is 5.75. The van der Waals surface area contributed by atoms with E-state index in [0.717, 1.165) is 32.1 Å². The molecule has 2 aliphatic rings. The number of hydrogen-bond donors (Lipinski definition) is 3. The van der Waals surface area contributed by atoms with Gasteiger partial charge >= 0.3 is 5.97 Å². The first-order chi connectivity index (χ1) is 13.3. The third-order valence-electron chi connectivity index (χ3n) is 6.32. The maximum absolute atomic E-state index is 11.4. The van der Waals surface area contributed by atoms with Crippen LogP contribution in [0.25, 0.3) is 0 Å². The molecule has 2 fully saturated rings. The molecule has 2 saturated carbocycles. The third-order valence-corrected chi connectivity index (χ3v) is 6.32. The number of esters is 1. The first-order valence-electron chi connectivity index (χ1n) is 10.8. The Bertz CT molecular complexity index is 553. The van der Waals surface area contributed by atoms with Crippen molar-refractivity contribution in [3.8, 4) is 0 Å². The summed E-state index contributed by atoms with van der Waals surface area (Å²) < 4.78 is 4.77. The molecule has 0 spiro atoms. The van der Waals surface area contributed by atoms with Gasteiger partial charge in [-0.25, -0.2) is 0 Å². The minimum Gasteiger partial charge on any atom is -0.469 e. The molecule has 2 aliphatic carbocycles. The Morgan fingerprint density at radius 1 is 1.14 bits per heavy atom. The summed E-state index contributed by atoms with van der Waals surface area (Å²) in [7, 11) is 1.43. The molecule has 0 heterocycles. The summed E-state index contributed by atoms with van der Waals surface area (Å²) in [5, 5.41) is 31.2. The highest BCUT2D eigenvalue weighted by atomic mass is 16.5. The molecule has 0 aromatic carbocycles. The zero-order valence-electron chi connectivity index (χ0n) is 17.6. The van der Waals surface area contributed by atoms with Crippen molar-refractivity contribution in [2.75, 3.05) is 7.11 Å². The fourth-order valence-electron chi connectivity index (χ4n) is 4.31. The zero-order valence-corrected chi connectivity index (χ0v) is 17.6. The standard InChI is InChI=1S/C23H38O5/c1-4-5-8-12-23(2,27)13-11-18-17(20(24)15-21(18)25)10-7-6-9-16-14-19(16)22(26)28-3/h6-7,11,13,16-21,24-25,27H,4-5,8-10,12,14-15H2,1-3H3/b7-6-,13-11+/t16-,17-,18-,19-,20+,21-,23+/m1/s1. The quantitative estimate of drug-likeness (QED) is 0.284. The Morgan fingerprint density at radius 3 is 2.54 bits per heavy atom. The lowest BCUT2D eigenvalue weighted by Crippen LogP contribution is -2.24. The molecule has 3 N–H and O–H groups in total. The first-order valence-corrected chi connectivity index (χ1v) is 10.8. The number of aliphatic hydroxyl groups is 3. The van der Waals surface area contributed by atoms with Gasteiger partial charge in [-0.1, -0.05) is 50.5 Å². The molecule has 0 aromatic heterocycles. The lowest BCUT2D eigenvalue weighted by Gasteiger charge is -2.23. The van der Waals surface area contributed by atoms with Crippen LogP contribution in [0.15, 0.2) is 24.3 Å². The Morgan fingerprint density at radius 2 is 1.86 bits per heavy atom. The highest BCUT2D eigenvalue weighted by Gasteiger charge is 2.43. The Hall–Kier alpha value is -1.17. The predicted octanol–water partition coefficient (Wildman–Crippen LogP) is 3.38. The van der Waals surface area contributed by atoms with Gasteiger partial charge in [0.05, 0.1) is 30.8 Å². The summed E-state index contributed by atoms with van der Waals surface area (Å²) in [6, 6.07) is 0. The minimum atomic E-state index is -0.877. The molecule has 7 atom stereocenters. The van der Waals surface area contributed by atoms with E-state index < -0.39 is 17.8 Å². The molecule has 5 heteroatoms. The van der Waals surface area contributed by atoms with Crippen LogP contribution in [0.5, 0.6) is 0 Å². The fourth-order valence-corrected chi connectivity index (χ4v) is 4.31. The zero-order chi connectivity index (χ0) is 20.7. The Kier molecular flexibility index (Phi) is 8.72. The van der Waals surface area contributed by atoms with E-state index in [1.54, 1.807) is 13.0 Å². The van der Waals surface area contributed by atoms with Gasteiger partial charge in [-0.05, 0) is 44.4 Å². The fraction of sp³-hybridized carbons (Fsp3) is 0.783. The van der Waals surface area contributed by atoms with Gasteiger partial charge in [0.25, 0.3) is 0 Å². The number of aliphatic hydroxyl groups excluding tert-OH is 2. The first kappa shape index (κ1) is 23.1. The number of allylic oxidation sites excluding steroid dienone is 2. The molecular formula is C23H38O5. The molecule has 0 bridgehead atoms. The SMILES string of the molecule is CCCCC[C@](C)(O)/C=C/[C@@H]1[C@@H](C/C=C\C[C@@H]2C[C@H]2C(=O)OC)[C@@H](O)C[C@H]1O. The van der Waals surface area contributed by atoms with E-state index in [1.807, 2.05) is 6.08 Å². The number of unbranched alkanes of at least 4 members (excludes halogenated alkanes) is 2. The summed E-state index contributed by atoms with van der Waals surface area (Å²) in [6.45, 7) is 3.94. The van der Waals surface area contributed by atoms with Crippen molar-refractivity contribution < 1.29 is 24.9 Å². The van der Waals surface area contributed by atoms with E-state index in [0.29, 0.717) is 25.2 Å². The number of methoxy groups -OCH3 is 1. The van der Waals surface area contributed by atoms with E-state index in [9.17, 15) is 20.1 Å². The van der Waals surface area contributed by atoms with E-state index in [-0.39, 0.29) is 23.7 Å². The topological polar surface area (TPSA) is 87.0 Å². The van der Waals surface area contributed by atoms with Crippen molar-refractivity contribution in [1.82, 2.24) is 0 Å². The van der Waals surface area contributed by atoms with Crippen LogP contribution in [-0.4, -0.2) is 46.2 Å². The van der Waals surface area contributed by atoms with Crippen LogP contribution < -0.4 is 0 Å². The van der Waals surface area contributed by atoms with Crippen LogP contribution in [0, 0.1) is 23.7 Å². The molecular weight excluding hydrogens is 356 g/mol. The normalized spacial score (nSPS) is 34.8. The van der Waals surface area contributed by atoms with Gasteiger partial charge in [-0.3, -0.25) is 4.79 Å². The molecule has 0 aromatic rings. The van der Waals surface area contributed by atoms with Gasteiger partial charge in [0.1, 0.15) is 0 Å². The lowest BCUT2D eigenvalue weighted by molar-refractivity contribution is -0.142. The summed E-state index contributed by atoms with van der Waals surface area (Å²) in [4.78, 5) is 11.4.